The molecule has 3 atom stereocenters. The van der Waals surface area contributed by atoms with Gasteiger partial charge in [0.15, 0.2) is 5.78 Å². The number of Topliss-reactive ketones (excluding diaryl/α,β-unsaturated/α-hetero) is 2. The third-order valence-electron chi connectivity index (χ3n) is 8.36. The largest absolute Gasteiger partial charge is 0.356 e. The molecule has 1 saturated heterocycles. The SMILES string of the molecule is CC(C)(C)NC(=O)C(=O)[C@H](C[C@@H]1CCCNC1=O)NC(=O)[C@@H](CC(=O)c1cc2c(Cl)cc(Cl)cc2[nH]1)CC1CCCCC1. The van der Waals surface area contributed by atoms with E-state index in [1.807, 2.05) is 0 Å². The Morgan fingerprint density at radius 2 is 1.70 bits per heavy atom. The number of carbonyl (C=O) groups is 5. The zero-order valence-corrected chi connectivity index (χ0v) is 26.6. The zero-order valence-electron chi connectivity index (χ0n) is 25.1. The van der Waals surface area contributed by atoms with Crippen LogP contribution in [0.5, 0.6) is 0 Å². The highest BCUT2D eigenvalue weighted by molar-refractivity contribution is 6.39. The Morgan fingerprint density at radius 1 is 0.977 bits per heavy atom. The number of halogens is 2. The maximum Gasteiger partial charge on any atom is 0.290 e. The van der Waals surface area contributed by atoms with Gasteiger partial charge in [0.2, 0.25) is 17.6 Å². The van der Waals surface area contributed by atoms with Crippen LogP contribution in [0.4, 0.5) is 0 Å². The first-order chi connectivity index (χ1) is 20.3. The number of H-pyrrole nitrogens is 1. The van der Waals surface area contributed by atoms with Crippen LogP contribution in [0, 0.1) is 17.8 Å². The van der Waals surface area contributed by atoms with Gasteiger partial charge in [-0.3, -0.25) is 24.0 Å². The molecule has 1 aliphatic carbocycles. The van der Waals surface area contributed by atoms with Crippen molar-refractivity contribution in [2.75, 3.05) is 6.54 Å². The average molecular weight is 634 g/mol. The second kappa shape index (κ2) is 14.2. The minimum Gasteiger partial charge on any atom is -0.356 e. The molecule has 2 aliphatic rings. The lowest BCUT2D eigenvalue weighted by molar-refractivity contribution is -0.142. The third-order valence-corrected chi connectivity index (χ3v) is 8.89. The van der Waals surface area contributed by atoms with Crippen molar-refractivity contribution in [1.29, 1.82) is 0 Å². The summed E-state index contributed by atoms with van der Waals surface area (Å²) in [4.78, 5) is 69.4. The van der Waals surface area contributed by atoms with E-state index in [1.165, 1.54) is 0 Å². The lowest BCUT2D eigenvalue weighted by Crippen LogP contribution is -2.54. The molecule has 2 heterocycles. The molecular formula is C32H42Cl2N4O5. The zero-order chi connectivity index (χ0) is 31.3. The van der Waals surface area contributed by atoms with Gasteiger partial charge in [-0.1, -0.05) is 55.3 Å². The Balaban J connectivity index is 1.57. The number of hydrogen-bond donors (Lipinski definition) is 4. The first kappa shape index (κ1) is 33.0. The molecule has 4 rings (SSSR count). The van der Waals surface area contributed by atoms with Crippen molar-refractivity contribution in [1.82, 2.24) is 20.9 Å². The number of hydrogen-bond acceptors (Lipinski definition) is 5. The molecule has 1 saturated carbocycles. The molecule has 3 amide bonds. The van der Waals surface area contributed by atoms with Gasteiger partial charge >= 0.3 is 0 Å². The lowest BCUT2D eigenvalue weighted by Gasteiger charge is -2.29. The number of piperidine rings is 1. The highest BCUT2D eigenvalue weighted by atomic mass is 35.5. The van der Waals surface area contributed by atoms with Crippen LogP contribution in [0.3, 0.4) is 0 Å². The van der Waals surface area contributed by atoms with Gasteiger partial charge in [0.1, 0.15) is 0 Å². The van der Waals surface area contributed by atoms with Crippen molar-refractivity contribution in [3.8, 4) is 0 Å². The van der Waals surface area contributed by atoms with E-state index in [9.17, 15) is 24.0 Å². The van der Waals surface area contributed by atoms with Crippen LogP contribution < -0.4 is 16.0 Å². The quantitative estimate of drug-likeness (QED) is 0.191. The van der Waals surface area contributed by atoms with Gasteiger partial charge in [-0.15, -0.1) is 0 Å². The van der Waals surface area contributed by atoms with E-state index in [-0.39, 0.29) is 30.4 Å². The number of rotatable bonds is 11. The molecule has 234 valence electrons. The Hall–Kier alpha value is -2.91. The first-order valence-electron chi connectivity index (χ1n) is 15.3. The average Bonchev–Trinajstić information content (AvgIpc) is 3.37. The molecule has 43 heavy (non-hydrogen) atoms. The Morgan fingerprint density at radius 3 is 2.37 bits per heavy atom. The van der Waals surface area contributed by atoms with E-state index in [2.05, 4.69) is 20.9 Å². The molecule has 2 aromatic rings. The summed E-state index contributed by atoms with van der Waals surface area (Å²) in [5.74, 6) is -3.49. The Bertz CT molecular complexity index is 1380. The van der Waals surface area contributed by atoms with E-state index in [0.717, 1.165) is 38.5 Å². The minimum absolute atomic E-state index is 0.0132. The second-order valence-corrected chi connectivity index (χ2v) is 13.9. The number of amides is 3. The van der Waals surface area contributed by atoms with E-state index in [0.29, 0.717) is 46.0 Å². The number of ketones is 2. The molecule has 0 bridgehead atoms. The molecule has 1 aromatic carbocycles. The van der Waals surface area contributed by atoms with Gasteiger partial charge in [0.05, 0.1) is 16.8 Å². The highest BCUT2D eigenvalue weighted by Crippen LogP contribution is 2.33. The third kappa shape index (κ3) is 9.05. The number of nitrogens with one attached hydrogen (secondary N) is 4. The van der Waals surface area contributed by atoms with E-state index < -0.39 is 41.0 Å². The maximum absolute atomic E-state index is 13.9. The fourth-order valence-electron chi connectivity index (χ4n) is 6.18. The molecular weight excluding hydrogens is 591 g/mol. The molecule has 2 fully saturated rings. The summed E-state index contributed by atoms with van der Waals surface area (Å²) < 4.78 is 0. The van der Waals surface area contributed by atoms with E-state index in [4.69, 9.17) is 23.2 Å². The first-order valence-corrected chi connectivity index (χ1v) is 16.0. The van der Waals surface area contributed by atoms with Crippen molar-refractivity contribution < 1.29 is 24.0 Å². The predicted octanol–water partition coefficient (Wildman–Crippen LogP) is 5.52. The fourth-order valence-corrected chi connectivity index (χ4v) is 6.73. The summed E-state index contributed by atoms with van der Waals surface area (Å²) in [6.45, 7) is 5.84. The summed E-state index contributed by atoms with van der Waals surface area (Å²) in [7, 11) is 0. The van der Waals surface area contributed by atoms with Gasteiger partial charge in [0.25, 0.3) is 5.91 Å². The number of carbonyl (C=O) groups excluding carboxylic acids is 5. The molecule has 9 nitrogen and oxygen atoms in total. The van der Waals surface area contributed by atoms with Gasteiger partial charge in [-0.2, -0.15) is 0 Å². The predicted molar refractivity (Wildman–Crippen MR) is 167 cm³/mol. The van der Waals surface area contributed by atoms with Crippen molar-refractivity contribution >= 4 is 63.4 Å². The number of aromatic amines is 1. The molecule has 4 N–H and O–H groups in total. The van der Waals surface area contributed by atoms with Crippen LogP contribution >= 0.6 is 23.2 Å². The van der Waals surface area contributed by atoms with Crippen LogP contribution in [0.25, 0.3) is 10.9 Å². The molecule has 0 radical (unpaired) electrons. The summed E-state index contributed by atoms with van der Waals surface area (Å²) in [5.41, 5.74) is 0.277. The molecule has 11 heteroatoms. The van der Waals surface area contributed by atoms with E-state index >= 15 is 0 Å². The summed E-state index contributed by atoms with van der Waals surface area (Å²) in [6.07, 6.45) is 6.95. The summed E-state index contributed by atoms with van der Waals surface area (Å²) >= 11 is 12.5. The number of benzene rings is 1. The monoisotopic (exact) mass is 632 g/mol. The smallest absolute Gasteiger partial charge is 0.290 e. The van der Waals surface area contributed by atoms with Crippen LogP contribution in [0.1, 0.15) is 95.5 Å². The van der Waals surface area contributed by atoms with Crippen LogP contribution in [-0.2, 0) is 19.2 Å². The lowest BCUT2D eigenvalue weighted by atomic mass is 9.80. The Labute approximate surface area is 262 Å². The molecule has 1 aliphatic heterocycles. The van der Waals surface area contributed by atoms with Gasteiger partial charge < -0.3 is 20.9 Å². The molecule has 0 unspecified atom stereocenters. The van der Waals surface area contributed by atoms with Gasteiger partial charge in [-0.05, 0) is 70.6 Å². The molecule has 1 aromatic heterocycles. The number of aromatic nitrogens is 1. The van der Waals surface area contributed by atoms with Crippen molar-refractivity contribution in [3.63, 3.8) is 0 Å². The minimum atomic E-state index is -1.19. The topological polar surface area (TPSA) is 137 Å². The van der Waals surface area contributed by atoms with E-state index in [1.54, 1.807) is 39.0 Å². The molecule has 0 spiro atoms. The van der Waals surface area contributed by atoms with Crippen molar-refractivity contribution in [2.45, 2.75) is 96.6 Å². The maximum atomic E-state index is 13.9. The normalized spacial score (nSPS) is 19.4. The number of fused-ring (bicyclic) bond motifs is 1. The van der Waals surface area contributed by atoms with Crippen LogP contribution in [0.15, 0.2) is 18.2 Å². The van der Waals surface area contributed by atoms with Gasteiger partial charge in [0, 0.05) is 46.3 Å². The standard InChI is InChI=1S/C32H42Cl2N4O5/c1-32(2,3)38-31(43)28(40)26(13-19-10-7-11-35-29(19)41)37-30(42)20(12-18-8-5-4-6-9-18)14-27(39)25-17-22-23(34)15-21(33)16-24(22)36-25/h15-20,26,36H,4-14H2,1-3H3,(H,35,41)(H,37,42)(H,38,43)/t19-,20+,26-/m0/s1. The second-order valence-electron chi connectivity index (χ2n) is 13.1. The van der Waals surface area contributed by atoms with Crippen molar-refractivity contribution in [2.24, 2.45) is 17.8 Å². The highest BCUT2D eigenvalue weighted by Gasteiger charge is 2.36. The fraction of sp³-hybridized carbons (Fsp3) is 0.594. The van der Waals surface area contributed by atoms with Crippen molar-refractivity contribution in [3.05, 3.63) is 33.9 Å². The Kier molecular flexibility index (Phi) is 10.9. The van der Waals surface area contributed by atoms with Crippen LogP contribution in [-0.4, -0.2) is 52.4 Å². The van der Waals surface area contributed by atoms with Gasteiger partial charge in [-0.25, -0.2) is 0 Å². The summed E-state index contributed by atoms with van der Waals surface area (Å²) in [5, 5.41) is 9.80. The summed E-state index contributed by atoms with van der Waals surface area (Å²) in [6, 6.07) is 3.76. The van der Waals surface area contributed by atoms with Crippen LogP contribution in [0.2, 0.25) is 10.0 Å².